The molecule has 0 aliphatic heterocycles. The van der Waals surface area contributed by atoms with Crippen molar-refractivity contribution >= 4 is 11.9 Å². The number of aryl methyl sites for hydroxylation is 2. The molecule has 2 heteroatoms. The van der Waals surface area contributed by atoms with Gasteiger partial charge in [0.2, 0.25) is 0 Å². The number of pyridine rings is 1. The van der Waals surface area contributed by atoms with E-state index in [9.17, 15) is 0 Å². The van der Waals surface area contributed by atoms with Crippen LogP contribution in [0.1, 0.15) is 18.2 Å². The molecule has 0 aliphatic carbocycles. The smallest absolute Gasteiger partial charge is 0.0842 e. The summed E-state index contributed by atoms with van der Waals surface area (Å²) in [7, 11) is 0. The van der Waals surface area contributed by atoms with Crippen molar-refractivity contribution in [3.8, 4) is 0 Å². The van der Waals surface area contributed by atoms with E-state index < -0.39 is 0 Å². The highest BCUT2D eigenvalue weighted by Crippen LogP contribution is 2.17. The summed E-state index contributed by atoms with van der Waals surface area (Å²) in [6.45, 7) is 7.70. The first-order chi connectivity index (χ1) is 6.27. The largest absolute Gasteiger partial charge is 0.259 e. The fourth-order valence-electron chi connectivity index (χ4n) is 1.07. The van der Waals surface area contributed by atoms with Crippen LogP contribution in [0.5, 0.6) is 0 Å². The summed E-state index contributed by atoms with van der Waals surface area (Å²) in [6.07, 6.45) is 6.10. The number of nitrogens with zero attached hydrogens (tertiary/aromatic N) is 2. The molecule has 0 radical (unpaired) electrons. The van der Waals surface area contributed by atoms with Crippen LogP contribution in [0.4, 0.5) is 5.69 Å². The van der Waals surface area contributed by atoms with Crippen molar-refractivity contribution in [2.45, 2.75) is 20.3 Å². The Balaban J connectivity index is 2.98. The summed E-state index contributed by atoms with van der Waals surface area (Å²) in [5, 5.41) is 0. The van der Waals surface area contributed by atoms with Gasteiger partial charge in [-0.05, 0) is 25.0 Å². The van der Waals surface area contributed by atoms with Gasteiger partial charge in [-0.15, -0.1) is 0 Å². The Morgan fingerprint density at radius 1 is 1.62 bits per heavy atom. The lowest BCUT2D eigenvalue weighted by atomic mass is 10.2. The molecule has 1 rings (SSSR count). The van der Waals surface area contributed by atoms with Gasteiger partial charge in [0.05, 0.1) is 11.9 Å². The molecule has 0 saturated carbocycles. The van der Waals surface area contributed by atoms with Gasteiger partial charge in [-0.2, -0.15) is 0 Å². The summed E-state index contributed by atoms with van der Waals surface area (Å²) < 4.78 is 0. The summed E-state index contributed by atoms with van der Waals surface area (Å²) in [4.78, 5) is 8.46. The molecular formula is C11H14N2. The van der Waals surface area contributed by atoms with Gasteiger partial charge in [0.15, 0.2) is 0 Å². The molecule has 1 aromatic heterocycles. The minimum absolute atomic E-state index is 0.914. The number of aromatic nitrogens is 1. The Morgan fingerprint density at radius 3 is 2.92 bits per heavy atom. The van der Waals surface area contributed by atoms with Crippen LogP contribution in [0.2, 0.25) is 0 Å². The Bertz CT molecular complexity index is 327. The first-order valence-electron chi connectivity index (χ1n) is 4.38. The van der Waals surface area contributed by atoms with Gasteiger partial charge in [-0.3, -0.25) is 9.98 Å². The van der Waals surface area contributed by atoms with Crippen molar-refractivity contribution in [2.24, 2.45) is 4.99 Å². The van der Waals surface area contributed by atoms with Gasteiger partial charge in [-0.1, -0.05) is 19.6 Å². The topological polar surface area (TPSA) is 25.2 Å². The Hall–Kier alpha value is -1.44. The van der Waals surface area contributed by atoms with Crippen LogP contribution in [0.25, 0.3) is 0 Å². The highest BCUT2D eigenvalue weighted by Gasteiger charge is 1.97. The lowest BCUT2D eigenvalue weighted by Gasteiger charge is -2.01. The van der Waals surface area contributed by atoms with Crippen molar-refractivity contribution < 1.29 is 0 Å². The van der Waals surface area contributed by atoms with Crippen LogP contribution < -0.4 is 0 Å². The van der Waals surface area contributed by atoms with E-state index in [-0.39, 0.29) is 0 Å². The summed E-state index contributed by atoms with van der Waals surface area (Å²) in [5.41, 5.74) is 3.18. The summed E-state index contributed by atoms with van der Waals surface area (Å²) in [6, 6.07) is 2.07. The van der Waals surface area contributed by atoms with Gasteiger partial charge in [-0.25, -0.2) is 0 Å². The Labute approximate surface area is 79.0 Å². The van der Waals surface area contributed by atoms with Gasteiger partial charge < -0.3 is 0 Å². The molecule has 0 amide bonds. The minimum atomic E-state index is 0.914. The second-order valence-electron chi connectivity index (χ2n) is 2.83. The molecule has 0 aromatic carbocycles. The zero-order chi connectivity index (χ0) is 9.68. The Kier molecular flexibility index (Phi) is 3.38. The molecule has 1 aromatic rings. The van der Waals surface area contributed by atoms with Gasteiger partial charge in [0.1, 0.15) is 0 Å². The second-order valence-corrected chi connectivity index (χ2v) is 2.83. The molecule has 0 unspecified atom stereocenters. The van der Waals surface area contributed by atoms with Crippen LogP contribution in [-0.4, -0.2) is 11.2 Å². The molecule has 2 nitrogen and oxygen atoms in total. The number of allylic oxidation sites excluding steroid dienone is 1. The van der Waals surface area contributed by atoms with Crippen molar-refractivity contribution in [1.29, 1.82) is 0 Å². The molecule has 0 aliphatic rings. The van der Waals surface area contributed by atoms with Crippen molar-refractivity contribution in [3.05, 3.63) is 36.2 Å². The maximum atomic E-state index is 4.26. The Morgan fingerprint density at radius 2 is 2.38 bits per heavy atom. The molecule has 0 fully saturated rings. The van der Waals surface area contributed by atoms with Crippen LogP contribution in [-0.2, 0) is 6.42 Å². The van der Waals surface area contributed by atoms with Gasteiger partial charge in [0, 0.05) is 11.9 Å². The quantitative estimate of drug-likeness (QED) is 0.647. The standard InChI is InChI=1S/C11H14N2/c1-4-6-12-11-8-13-10(5-2)7-9(11)3/h4,6-8H,1,5H2,2-3H3. The average molecular weight is 174 g/mol. The van der Waals surface area contributed by atoms with E-state index in [0.717, 1.165) is 23.4 Å². The predicted octanol–water partition coefficient (Wildman–Crippen LogP) is 2.84. The summed E-state index contributed by atoms with van der Waals surface area (Å²) in [5.74, 6) is 0. The molecule has 13 heavy (non-hydrogen) atoms. The third-order valence-electron chi connectivity index (χ3n) is 1.82. The van der Waals surface area contributed by atoms with Crippen LogP contribution in [0.3, 0.4) is 0 Å². The highest BCUT2D eigenvalue weighted by molar-refractivity contribution is 5.74. The number of hydrogen-bond donors (Lipinski definition) is 0. The van der Waals surface area contributed by atoms with E-state index in [2.05, 4.69) is 29.5 Å². The fourth-order valence-corrected chi connectivity index (χ4v) is 1.07. The lowest BCUT2D eigenvalue weighted by molar-refractivity contribution is 1.03. The van der Waals surface area contributed by atoms with E-state index in [4.69, 9.17) is 0 Å². The number of aliphatic imine (C=N–C) groups is 1. The maximum absolute atomic E-state index is 4.26. The monoisotopic (exact) mass is 174 g/mol. The van der Waals surface area contributed by atoms with Crippen molar-refractivity contribution in [2.75, 3.05) is 0 Å². The van der Waals surface area contributed by atoms with E-state index in [1.165, 1.54) is 0 Å². The third kappa shape index (κ3) is 2.51. The average Bonchev–Trinajstić information content (AvgIpc) is 2.16. The first kappa shape index (κ1) is 9.65. The molecule has 0 atom stereocenters. The molecule has 0 N–H and O–H groups in total. The summed E-state index contributed by atoms with van der Waals surface area (Å²) >= 11 is 0. The zero-order valence-electron chi connectivity index (χ0n) is 8.12. The molecule has 0 bridgehead atoms. The van der Waals surface area contributed by atoms with Crippen LogP contribution in [0, 0.1) is 6.92 Å². The highest BCUT2D eigenvalue weighted by atomic mass is 14.8. The third-order valence-corrected chi connectivity index (χ3v) is 1.82. The van der Waals surface area contributed by atoms with Gasteiger partial charge >= 0.3 is 0 Å². The van der Waals surface area contributed by atoms with E-state index in [1.54, 1.807) is 18.5 Å². The zero-order valence-corrected chi connectivity index (χ0v) is 8.12. The van der Waals surface area contributed by atoms with Crippen molar-refractivity contribution in [1.82, 2.24) is 4.98 Å². The van der Waals surface area contributed by atoms with Crippen LogP contribution in [0.15, 0.2) is 29.9 Å². The minimum Gasteiger partial charge on any atom is -0.259 e. The number of hydrogen-bond acceptors (Lipinski definition) is 2. The molecule has 1 heterocycles. The molecule has 0 saturated heterocycles. The normalized spacial score (nSPS) is 10.6. The lowest BCUT2D eigenvalue weighted by Crippen LogP contribution is -1.87. The second kappa shape index (κ2) is 4.55. The van der Waals surface area contributed by atoms with Crippen molar-refractivity contribution in [3.63, 3.8) is 0 Å². The maximum Gasteiger partial charge on any atom is 0.0842 e. The number of rotatable bonds is 3. The van der Waals surface area contributed by atoms with E-state index in [1.807, 2.05) is 6.92 Å². The molecule has 68 valence electrons. The van der Waals surface area contributed by atoms with Gasteiger partial charge in [0.25, 0.3) is 0 Å². The van der Waals surface area contributed by atoms with E-state index >= 15 is 0 Å². The predicted molar refractivity (Wildman–Crippen MR) is 56.7 cm³/mol. The SMILES string of the molecule is C=CC=Nc1cnc(CC)cc1C. The molecule has 0 spiro atoms. The first-order valence-corrected chi connectivity index (χ1v) is 4.38. The van der Waals surface area contributed by atoms with Crippen LogP contribution >= 0.6 is 0 Å². The molecular weight excluding hydrogens is 160 g/mol. The fraction of sp³-hybridized carbons (Fsp3) is 0.273. The van der Waals surface area contributed by atoms with E-state index in [0.29, 0.717) is 0 Å².